The molecule has 0 aromatic heterocycles. The Bertz CT molecular complexity index is 1280. The van der Waals surface area contributed by atoms with Crippen LogP contribution < -0.4 is 4.74 Å². The number of aliphatic carboxylic acids is 1. The number of amides is 1. The maximum Gasteiger partial charge on any atom is 0.331 e. The number of fused-ring (bicyclic) bond motifs is 3. The molecule has 202 valence electrons. The third-order valence-corrected chi connectivity index (χ3v) is 7.61. The van der Waals surface area contributed by atoms with Crippen molar-refractivity contribution in [3.8, 4) is 11.5 Å². The molecular weight excluding hydrogens is 482 g/mol. The minimum Gasteiger partial charge on any atom is -0.508 e. The Kier molecular flexibility index (Phi) is 7.97. The lowest BCUT2D eigenvalue weighted by Gasteiger charge is -2.41. The molecule has 0 aliphatic carbocycles. The van der Waals surface area contributed by atoms with Gasteiger partial charge in [0.15, 0.2) is 6.04 Å². The minimum absolute atomic E-state index is 0.0399. The van der Waals surface area contributed by atoms with Crippen molar-refractivity contribution < 1.29 is 29.6 Å². The number of carboxylic acid groups (broad SMARTS) is 1. The maximum absolute atomic E-state index is 13.4. The number of allylic oxidation sites excluding steroid dienone is 4. The number of benzene rings is 2. The van der Waals surface area contributed by atoms with E-state index in [1.807, 2.05) is 6.92 Å². The highest BCUT2D eigenvalue weighted by molar-refractivity contribution is 6.02. The van der Waals surface area contributed by atoms with Gasteiger partial charge in [0, 0.05) is 17.5 Å². The topological polar surface area (TPSA) is 107 Å². The summed E-state index contributed by atoms with van der Waals surface area (Å²) in [6.45, 7) is 8.17. The van der Waals surface area contributed by atoms with Crippen LogP contribution in [0.1, 0.15) is 86.5 Å². The summed E-state index contributed by atoms with van der Waals surface area (Å²) in [6, 6.07) is 8.83. The van der Waals surface area contributed by atoms with E-state index >= 15 is 0 Å². The molecule has 0 bridgehead atoms. The molecule has 4 rings (SSSR count). The third-order valence-electron chi connectivity index (χ3n) is 7.61. The zero-order chi connectivity index (χ0) is 27.6. The number of phenols is 1. The Morgan fingerprint density at radius 1 is 1.16 bits per heavy atom. The van der Waals surface area contributed by atoms with Gasteiger partial charge < -0.3 is 25.0 Å². The zero-order valence-electron chi connectivity index (χ0n) is 22.5. The number of carbonyl (C=O) groups is 2. The second-order valence-corrected chi connectivity index (χ2v) is 10.9. The largest absolute Gasteiger partial charge is 0.508 e. The van der Waals surface area contributed by atoms with E-state index in [1.54, 1.807) is 30.3 Å². The highest BCUT2D eigenvalue weighted by atomic mass is 16.5. The van der Waals surface area contributed by atoms with Crippen LogP contribution in [0.5, 0.6) is 11.5 Å². The van der Waals surface area contributed by atoms with Gasteiger partial charge in [0.2, 0.25) is 0 Å². The minimum atomic E-state index is -1.17. The number of aliphatic hydroxyl groups is 1. The molecule has 3 N–H and O–H groups in total. The molecule has 0 saturated carbocycles. The first-order valence-electron chi connectivity index (χ1n) is 13.1. The first kappa shape index (κ1) is 27.5. The van der Waals surface area contributed by atoms with E-state index in [4.69, 9.17) is 4.74 Å². The number of aliphatic hydroxyl groups excluding tert-OH is 1. The lowest BCUT2D eigenvalue weighted by molar-refractivity contribution is -0.142. The molecule has 3 atom stereocenters. The van der Waals surface area contributed by atoms with Gasteiger partial charge in [-0.15, -0.1) is 0 Å². The molecule has 0 radical (unpaired) electrons. The smallest absolute Gasteiger partial charge is 0.331 e. The van der Waals surface area contributed by atoms with Crippen molar-refractivity contribution in [1.29, 1.82) is 0 Å². The van der Waals surface area contributed by atoms with Crippen LogP contribution in [0.25, 0.3) is 0 Å². The first-order chi connectivity index (χ1) is 18.0. The van der Waals surface area contributed by atoms with Crippen LogP contribution in [0.2, 0.25) is 0 Å². The Balaban J connectivity index is 1.59. The van der Waals surface area contributed by atoms with Gasteiger partial charge in [-0.05, 0) is 65.0 Å². The number of nitrogens with zero attached hydrogens (tertiary/aromatic N) is 1. The van der Waals surface area contributed by atoms with Gasteiger partial charge in [-0.3, -0.25) is 4.79 Å². The molecule has 2 aliphatic heterocycles. The van der Waals surface area contributed by atoms with Gasteiger partial charge in [-0.1, -0.05) is 53.6 Å². The number of rotatable bonds is 9. The average Bonchev–Trinajstić information content (AvgIpc) is 3.16. The summed E-state index contributed by atoms with van der Waals surface area (Å²) in [4.78, 5) is 26.9. The second kappa shape index (κ2) is 11.0. The normalized spacial score (nSPS) is 21.4. The second-order valence-electron chi connectivity index (χ2n) is 10.9. The molecule has 2 aromatic carbocycles. The monoisotopic (exact) mass is 519 g/mol. The maximum atomic E-state index is 13.4. The molecule has 7 heteroatoms. The summed E-state index contributed by atoms with van der Waals surface area (Å²) in [5.41, 5.74) is 3.38. The van der Waals surface area contributed by atoms with Gasteiger partial charge in [0.05, 0.1) is 18.2 Å². The summed E-state index contributed by atoms with van der Waals surface area (Å²) in [5, 5.41) is 31.8. The fourth-order valence-corrected chi connectivity index (χ4v) is 5.32. The van der Waals surface area contributed by atoms with Crippen LogP contribution >= 0.6 is 0 Å². The molecule has 7 nitrogen and oxygen atoms in total. The molecule has 0 fully saturated rings. The van der Waals surface area contributed by atoms with E-state index < -0.39 is 29.6 Å². The van der Waals surface area contributed by atoms with Crippen molar-refractivity contribution in [3.63, 3.8) is 0 Å². The summed E-state index contributed by atoms with van der Waals surface area (Å²) in [5.74, 6) is -1.36. The third kappa shape index (κ3) is 5.48. The van der Waals surface area contributed by atoms with E-state index in [-0.39, 0.29) is 24.3 Å². The van der Waals surface area contributed by atoms with Crippen LogP contribution in [0.4, 0.5) is 0 Å². The first-order valence-corrected chi connectivity index (χ1v) is 13.1. The van der Waals surface area contributed by atoms with Gasteiger partial charge in [-0.25, -0.2) is 4.79 Å². The van der Waals surface area contributed by atoms with Crippen LogP contribution in [0.3, 0.4) is 0 Å². The molecule has 0 saturated heterocycles. The highest BCUT2D eigenvalue weighted by Gasteiger charge is 2.46. The predicted molar refractivity (Wildman–Crippen MR) is 145 cm³/mol. The van der Waals surface area contributed by atoms with Gasteiger partial charge in [-0.2, -0.15) is 0 Å². The lowest BCUT2D eigenvalue weighted by atomic mass is 9.84. The van der Waals surface area contributed by atoms with E-state index in [1.165, 1.54) is 22.1 Å². The van der Waals surface area contributed by atoms with Gasteiger partial charge in [0.1, 0.15) is 17.1 Å². The number of phenolic OH excluding ortho intramolecular Hbond substituents is 1. The van der Waals surface area contributed by atoms with Crippen molar-refractivity contribution in [3.05, 3.63) is 82.0 Å². The molecule has 38 heavy (non-hydrogen) atoms. The number of aromatic hydroxyl groups is 1. The molecule has 2 heterocycles. The Hall–Kier alpha value is -3.58. The van der Waals surface area contributed by atoms with Crippen LogP contribution in [-0.4, -0.2) is 43.8 Å². The van der Waals surface area contributed by atoms with Gasteiger partial charge in [0.25, 0.3) is 5.91 Å². The van der Waals surface area contributed by atoms with Crippen LogP contribution in [0.15, 0.2) is 59.7 Å². The van der Waals surface area contributed by atoms with Crippen molar-refractivity contribution in [2.24, 2.45) is 0 Å². The number of hydrogen-bond acceptors (Lipinski definition) is 5. The fraction of sp³-hybridized carbons (Fsp3) is 0.419. The van der Waals surface area contributed by atoms with E-state index in [0.717, 1.165) is 12.8 Å². The van der Waals surface area contributed by atoms with Crippen LogP contribution in [-0.2, 0) is 17.8 Å². The number of ether oxygens (including phenoxy) is 1. The summed E-state index contributed by atoms with van der Waals surface area (Å²) >= 11 is 0. The molecule has 2 aromatic rings. The molecule has 1 amide bonds. The SMILES string of the molecule is CC(C)=CCC/C(C)=C/CCC1(C)Oc2c(c(O)cc3c2CN([C@@H](C(=O)O)c2ccccc2)C3=O)CC1O. The average molecular weight is 520 g/mol. The molecular formula is C31H37NO6. The predicted octanol–water partition coefficient (Wildman–Crippen LogP) is 5.70. The Morgan fingerprint density at radius 3 is 2.53 bits per heavy atom. The number of carbonyl (C=O) groups excluding carboxylic acids is 1. The summed E-state index contributed by atoms with van der Waals surface area (Å²) in [6.07, 6.45) is 6.96. The van der Waals surface area contributed by atoms with Crippen molar-refractivity contribution in [2.75, 3.05) is 0 Å². The molecule has 0 spiro atoms. The van der Waals surface area contributed by atoms with Crippen molar-refractivity contribution >= 4 is 11.9 Å². The summed E-state index contributed by atoms with van der Waals surface area (Å²) in [7, 11) is 0. The standard InChI is InChI=1S/C31H37NO6/c1-19(2)10-8-11-20(3)12-9-15-31(4)26(34)17-23-25(33)16-22-24(28(23)38-31)18-32(29(22)35)27(30(36)37)21-13-6-5-7-14-21/h5-7,10,12-14,16,26-27,33-34H,8-9,11,15,17-18H2,1-4H3,(H,36,37)/b20-12+/t26?,27-,31?/m1/s1. The number of hydrogen-bond donors (Lipinski definition) is 3. The van der Waals surface area contributed by atoms with Crippen molar-refractivity contribution in [1.82, 2.24) is 4.90 Å². The lowest BCUT2D eigenvalue weighted by Crippen LogP contribution is -2.49. The fourth-order valence-electron chi connectivity index (χ4n) is 5.32. The Labute approximate surface area is 224 Å². The Morgan fingerprint density at radius 2 is 1.87 bits per heavy atom. The van der Waals surface area contributed by atoms with E-state index in [0.29, 0.717) is 35.3 Å². The van der Waals surface area contributed by atoms with E-state index in [2.05, 4.69) is 32.9 Å². The van der Waals surface area contributed by atoms with Gasteiger partial charge >= 0.3 is 5.97 Å². The van der Waals surface area contributed by atoms with Crippen LogP contribution in [0, 0.1) is 0 Å². The zero-order valence-corrected chi connectivity index (χ0v) is 22.5. The molecule has 2 aliphatic rings. The highest BCUT2D eigenvalue weighted by Crippen LogP contribution is 2.47. The number of carboxylic acids is 1. The summed E-state index contributed by atoms with van der Waals surface area (Å²) < 4.78 is 6.42. The quantitative estimate of drug-likeness (QED) is 0.367. The molecule has 2 unspecified atom stereocenters. The van der Waals surface area contributed by atoms with E-state index in [9.17, 15) is 24.9 Å². The van der Waals surface area contributed by atoms with Crippen molar-refractivity contribution in [2.45, 2.75) is 84.1 Å².